The molecule has 6 aliphatic rings. The van der Waals surface area contributed by atoms with Gasteiger partial charge >= 0.3 is 11.9 Å². The number of nitrogens with one attached hydrogen (secondary N) is 8. The molecule has 109 heavy (non-hydrogen) atoms. The number of benzene rings is 6. The fourth-order valence-electron chi connectivity index (χ4n) is 13.9. The van der Waals surface area contributed by atoms with Gasteiger partial charge in [-0.15, -0.1) is 10.2 Å². The summed E-state index contributed by atoms with van der Waals surface area (Å²) in [5.74, 6) is -7.68. The Balaban J connectivity index is 0.955. The molecule has 0 aliphatic carbocycles. The molecule has 10 N–H and O–H groups in total. The molecule has 0 spiro atoms. The van der Waals surface area contributed by atoms with Crippen molar-refractivity contribution in [2.75, 3.05) is 27.2 Å². The Morgan fingerprint density at radius 3 is 1.34 bits per heavy atom. The summed E-state index contributed by atoms with van der Waals surface area (Å²) in [7, 11) is 3.21. The summed E-state index contributed by atoms with van der Waals surface area (Å²) >= 11 is 0. The number of nitrogens with zero attached hydrogens (tertiary/aromatic N) is 8. The second kappa shape index (κ2) is 33.6. The first kappa shape index (κ1) is 78.4. The normalized spacial score (nSPS) is 21.6. The van der Waals surface area contributed by atoms with Gasteiger partial charge in [-0.25, -0.2) is 19.0 Å². The number of carbonyl (C=O) groups excluding carboxylic acids is 8. The van der Waals surface area contributed by atoms with E-state index in [1.807, 2.05) is 72.8 Å². The van der Waals surface area contributed by atoms with E-state index >= 15 is 28.8 Å². The number of ether oxygens (including phenoxy) is 2. The van der Waals surface area contributed by atoms with Crippen molar-refractivity contribution >= 4 is 80.7 Å². The van der Waals surface area contributed by atoms with Crippen molar-refractivity contribution in [2.45, 2.75) is 173 Å². The van der Waals surface area contributed by atoms with E-state index < -0.39 is 143 Å². The molecule has 574 valence electrons. The number of carboxylic acids is 2. The van der Waals surface area contributed by atoms with Gasteiger partial charge < -0.3 is 72.0 Å². The molecule has 8 amide bonds. The summed E-state index contributed by atoms with van der Waals surface area (Å²) in [5, 5.41) is 65.6. The minimum atomic E-state index is -1.69. The van der Waals surface area contributed by atoms with Crippen LogP contribution in [0, 0.1) is 10.8 Å². The topological polar surface area (TPSA) is 394 Å². The number of likely N-dealkylation sites (N-methyl/N-ethyl adjacent to an activating group) is 2. The number of aliphatic carboxylic acids is 2. The Bertz CT molecular complexity index is 4690. The van der Waals surface area contributed by atoms with Crippen molar-refractivity contribution in [1.29, 1.82) is 0 Å². The van der Waals surface area contributed by atoms with Crippen LogP contribution in [0.2, 0.25) is 0 Å². The first-order valence-electron chi connectivity index (χ1n) is 36.4. The van der Waals surface area contributed by atoms with Gasteiger partial charge in [0.05, 0.1) is 36.6 Å². The quantitative estimate of drug-likeness (QED) is 0.0720. The third-order valence-electron chi connectivity index (χ3n) is 20.4. The van der Waals surface area contributed by atoms with E-state index in [1.54, 1.807) is 118 Å². The van der Waals surface area contributed by atoms with Crippen LogP contribution in [0.3, 0.4) is 0 Å². The van der Waals surface area contributed by atoms with Crippen molar-refractivity contribution in [2.24, 2.45) is 10.8 Å². The van der Waals surface area contributed by atoms with Crippen LogP contribution >= 0.6 is 0 Å². The van der Waals surface area contributed by atoms with Crippen LogP contribution < -0.4 is 52.0 Å². The second-order valence-corrected chi connectivity index (χ2v) is 30.2. The van der Waals surface area contributed by atoms with Crippen molar-refractivity contribution in [1.82, 2.24) is 82.3 Å². The molecule has 8 heterocycles. The molecule has 2 saturated heterocycles. The summed E-state index contributed by atoms with van der Waals surface area (Å²) in [6, 6.07) is 24.0. The number of hydrogen-bond acceptors (Lipinski definition) is 18. The van der Waals surface area contributed by atoms with Gasteiger partial charge in [0.15, 0.2) is 6.04 Å². The minimum Gasteiger partial charge on any atom is -0.487 e. The molecular formula is C79H94N16O14. The highest BCUT2D eigenvalue weighted by Gasteiger charge is 2.51. The largest absolute Gasteiger partial charge is 0.487 e. The van der Waals surface area contributed by atoms with Crippen molar-refractivity contribution in [3.05, 3.63) is 179 Å². The average Bonchev–Trinajstić information content (AvgIpc) is 1.65. The Morgan fingerprint density at radius 1 is 0.523 bits per heavy atom. The van der Waals surface area contributed by atoms with Crippen molar-refractivity contribution in [3.63, 3.8) is 0 Å². The zero-order valence-corrected chi connectivity index (χ0v) is 62.5. The van der Waals surface area contributed by atoms with Crippen molar-refractivity contribution in [3.8, 4) is 11.5 Å². The molecular weight excluding hydrogens is 1400 g/mol. The summed E-state index contributed by atoms with van der Waals surface area (Å²) in [4.78, 5) is 148. The van der Waals surface area contributed by atoms with Crippen LogP contribution in [-0.4, -0.2) is 191 Å². The lowest BCUT2D eigenvalue weighted by Crippen LogP contribution is -2.61. The van der Waals surface area contributed by atoms with Gasteiger partial charge in [-0.3, -0.25) is 38.4 Å². The maximum absolute atomic E-state index is 15.6. The maximum atomic E-state index is 15.6. The van der Waals surface area contributed by atoms with Crippen LogP contribution in [0.5, 0.6) is 11.5 Å². The van der Waals surface area contributed by atoms with Gasteiger partial charge in [-0.2, -0.15) is 0 Å². The smallest absolute Gasteiger partial charge is 0.330 e. The Labute approximate surface area is 630 Å². The molecule has 0 radical (unpaired) electrons. The first-order chi connectivity index (χ1) is 51.9. The van der Waals surface area contributed by atoms with Gasteiger partial charge in [0.1, 0.15) is 78.4 Å². The molecule has 2 fully saturated rings. The number of carboxylic acid groups (broad SMARTS) is 2. The first-order valence-corrected chi connectivity index (χ1v) is 36.4. The van der Waals surface area contributed by atoms with Crippen LogP contribution in [0.1, 0.15) is 120 Å². The molecule has 8 aromatic rings. The Morgan fingerprint density at radius 2 is 0.936 bits per heavy atom. The van der Waals surface area contributed by atoms with Gasteiger partial charge in [0.2, 0.25) is 47.3 Å². The lowest BCUT2D eigenvalue weighted by molar-refractivity contribution is -0.145. The highest BCUT2D eigenvalue weighted by atomic mass is 16.5. The molecule has 30 heteroatoms. The molecule has 0 unspecified atom stereocenters. The van der Waals surface area contributed by atoms with Crippen LogP contribution in [0.15, 0.2) is 146 Å². The number of carbonyl (C=O) groups is 10. The Hall–Kier alpha value is -11.7. The molecule has 6 aliphatic heterocycles. The molecule has 0 saturated carbocycles. The molecule has 2 aromatic heterocycles. The van der Waals surface area contributed by atoms with E-state index in [0.717, 1.165) is 21.5 Å². The summed E-state index contributed by atoms with van der Waals surface area (Å²) in [5.41, 5.74) is 0.578. The Kier molecular flexibility index (Phi) is 24.2. The SMILES string of the molecule is CN[C@@H](C)C(=O)N[C@H](C(=O)N1CC[C@@H]2[C@H]1C(=O)N[C@@H](Cc1ccc3ccccc3c1)C(=O)N[C@H](C(=O)O)Cc1ccc(cc1)OCc1cn(nn1)[C@@H]1CCN(C(=O)[C@@H](NC(=O)[C@H](C)NC)C(C)(C)C)[C@@H]1C(=O)N[C@@H](Cc1ccc3ccccc3c1)C(=O)N[C@H](C(=O)O)c1ccc(cc1)OCc1cn2nn1)C(C)(C)C. The van der Waals surface area contributed by atoms with E-state index in [0.29, 0.717) is 28.1 Å². The van der Waals surface area contributed by atoms with E-state index in [2.05, 4.69) is 63.2 Å². The zero-order chi connectivity index (χ0) is 78.2. The highest BCUT2D eigenvalue weighted by Crippen LogP contribution is 2.36. The van der Waals surface area contributed by atoms with Crippen LogP contribution in [-0.2, 0) is 80.4 Å². The molecule has 6 aromatic carbocycles. The van der Waals surface area contributed by atoms with Gasteiger partial charge in [0.25, 0.3) is 0 Å². The van der Waals surface area contributed by atoms with E-state index in [1.165, 1.54) is 43.4 Å². The van der Waals surface area contributed by atoms with E-state index in [4.69, 9.17) is 9.47 Å². The number of hydrogen-bond donors (Lipinski definition) is 10. The molecule has 8 bridgehead atoms. The summed E-state index contributed by atoms with van der Waals surface area (Å²) in [6.07, 6.45) is 2.89. The van der Waals surface area contributed by atoms with Crippen LogP contribution in [0.4, 0.5) is 0 Å². The average molecular weight is 1490 g/mol. The molecule has 30 nitrogen and oxygen atoms in total. The lowest BCUT2D eigenvalue weighted by atomic mass is 9.85. The monoisotopic (exact) mass is 1490 g/mol. The predicted octanol–water partition coefficient (Wildman–Crippen LogP) is 4.42. The molecule has 14 rings (SSSR count). The molecule has 12 atom stereocenters. The van der Waals surface area contributed by atoms with E-state index in [-0.39, 0.29) is 75.4 Å². The third-order valence-corrected chi connectivity index (χ3v) is 20.4. The summed E-state index contributed by atoms with van der Waals surface area (Å²) in [6.45, 7) is 13.5. The number of rotatable bonds is 14. The maximum Gasteiger partial charge on any atom is 0.330 e. The van der Waals surface area contributed by atoms with E-state index in [9.17, 15) is 29.4 Å². The summed E-state index contributed by atoms with van der Waals surface area (Å²) < 4.78 is 15.3. The number of aromatic nitrogens is 6. The number of fused-ring (bicyclic) bond motifs is 2. The number of amides is 8. The van der Waals surface area contributed by atoms with Gasteiger partial charge in [-0.05, 0) is 120 Å². The van der Waals surface area contributed by atoms with Crippen LogP contribution in [0.25, 0.3) is 21.5 Å². The van der Waals surface area contributed by atoms with Gasteiger partial charge in [-0.1, -0.05) is 161 Å². The lowest BCUT2D eigenvalue weighted by Gasteiger charge is -2.37. The zero-order valence-electron chi connectivity index (χ0n) is 62.5. The fourth-order valence-corrected chi connectivity index (χ4v) is 13.9. The van der Waals surface area contributed by atoms with Crippen molar-refractivity contribution < 1.29 is 67.6 Å². The fraction of sp³-hybridized carbons (Fsp3) is 0.418. The second-order valence-electron chi connectivity index (χ2n) is 30.2. The third kappa shape index (κ3) is 18.7. The minimum absolute atomic E-state index is 0.0103. The number of likely N-dealkylation sites (tertiary alicyclic amines) is 2. The van der Waals surface area contributed by atoms with Gasteiger partial charge in [0, 0.05) is 32.4 Å². The standard InChI is InChI=1S/C79H94N16O14/c1-44(80-9)68(96)86-66(78(3,4)5)74(102)92-33-31-61-64(92)72(100)82-58(38-47-19-23-49-15-11-13-17-52(49)35-47)70(98)84-60(76(104)105)37-46-21-27-56(28-22-46)108-42-54-40-94(90-88-54)62-32-34-93(75(103)67(79(6,7)8)87-69(97)45(2)81-10)65(62)73(101)83-59(39-48-20-24-50-16-12-14-18-53(50)36-48)71(99)85-63(77(106)107)51-25-29-57(30-26-51)109-43-55-41-95(61)91-89-55/h11-30,35-36,40-41,44-45,58-67,80-81H,31-34,37-39,42-43H2,1-10H3,(H,82,100)(H,83,101)(H,84,98)(H,85,99)(H,86,96)(H,87,97)(H,104,105)(H,106,107)/t44-,45-,58-,59-,60-,61+,62+,63-,64-,65-,66+,67+/m0/s1. The predicted molar refractivity (Wildman–Crippen MR) is 401 cm³/mol. The highest BCUT2D eigenvalue weighted by molar-refractivity contribution is 5.99.